The van der Waals surface area contributed by atoms with Crippen LogP contribution in [-0.2, 0) is 6.54 Å². The van der Waals surface area contributed by atoms with E-state index >= 15 is 4.39 Å². The first-order valence-electron chi connectivity index (χ1n) is 12.6. The van der Waals surface area contributed by atoms with Crippen LogP contribution < -0.4 is 11.1 Å². The summed E-state index contributed by atoms with van der Waals surface area (Å²) in [5.74, 6) is -0.236. The van der Waals surface area contributed by atoms with Gasteiger partial charge in [-0.3, -0.25) is 9.20 Å². The van der Waals surface area contributed by atoms with E-state index in [4.69, 9.17) is 10.7 Å². The van der Waals surface area contributed by atoms with Crippen LogP contribution in [-0.4, -0.2) is 54.2 Å². The van der Waals surface area contributed by atoms with Crippen molar-refractivity contribution in [3.63, 3.8) is 0 Å². The minimum atomic E-state index is -0.638. The minimum Gasteiger partial charge on any atom is -0.382 e. The number of aromatic nitrogens is 5. The molecular formula is C27H29FN8O. The molecule has 4 aromatic heterocycles. The zero-order chi connectivity index (χ0) is 25.7. The van der Waals surface area contributed by atoms with E-state index in [-0.39, 0.29) is 17.9 Å². The van der Waals surface area contributed by atoms with Crippen LogP contribution in [0.2, 0.25) is 0 Å². The van der Waals surface area contributed by atoms with Gasteiger partial charge >= 0.3 is 0 Å². The number of halogens is 1. The summed E-state index contributed by atoms with van der Waals surface area (Å²) in [7, 11) is 0. The average Bonchev–Trinajstić information content (AvgIpc) is 3.50. The third-order valence-corrected chi connectivity index (χ3v) is 7.34. The molecule has 0 spiro atoms. The lowest BCUT2D eigenvalue weighted by Gasteiger charge is -2.22. The molecule has 1 aliphatic heterocycles. The predicted octanol–water partition coefficient (Wildman–Crippen LogP) is 3.69. The summed E-state index contributed by atoms with van der Waals surface area (Å²) in [5, 5.41) is 3.41. The summed E-state index contributed by atoms with van der Waals surface area (Å²) in [5.41, 5.74) is 11.2. The normalized spacial score (nSPS) is 14.7. The number of carbonyl (C=O) groups is 1. The van der Waals surface area contributed by atoms with Gasteiger partial charge in [0.05, 0.1) is 34.5 Å². The summed E-state index contributed by atoms with van der Waals surface area (Å²) >= 11 is 0. The molecule has 10 heteroatoms. The van der Waals surface area contributed by atoms with Crippen molar-refractivity contribution in [1.29, 1.82) is 0 Å². The quantitative estimate of drug-likeness (QED) is 0.381. The molecule has 1 fully saturated rings. The summed E-state index contributed by atoms with van der Waals surface area (Å²) in [6.07, 6.45) is 7.95. The predicted molar refractivity (Wildman–Crippen MR) is 140 cm³/mol. The first-order valence-corrected chi connectivity index (χ1v) is 12.6. The standard InChI is InChI=1S/C27H29FN8O/c1-3-34(13-19-14-35-12-18(4-5-24(35)32-19)17-6-8-30-9-7-17)27(37)20-10-23-22(11-21(20)28)33-26(29)25-16(2)31-15-36(23)25/h4-5,10-12,14-15,17,30H,3,6-9,13H2,1-2H3,(H2,29,33). The van der Waals surface area contributed by atoms with E-state index in [0.29, 0.717) is 29.0 Å². The zero-order valence-corrected chi connectivity index (χ0v) is 20.9. The Balaban J connectivity index is 1.31. The number of rotatable bonds is 5. The number of benzene rings is 1. The van der Waals surface area contributed by atoms with Gasteiger partial charge in [-0.05, 0) is 63.4 Å². The number of imidazole rings is 2. The smallest absolute Gasteiger partial charge is 0.257 e. The highest BCUT2D eigenvalue weighted by Crippen LogP contribution is 2.27. The fourth-order valence-corrected chi connectivity index (χ4v) is 5.34. The van der Waals surface area contributed by atoms with Crippen molar-refractivity contribution in [3.8, 4) is 0 Å². The summed E-state index contributed by atoms with van der Waals surface area (Å²) in [6.45, 7) is 6.46. The van der Waals surface area contributed by atoms with Gasteiger partial charge in [-0.25, -0.2) is 19.3 Å². The van der Waals surface area contributed by atoms with Crippen LogP contribution in [0.25, 0.3) is 22.2 Å². The van der Waals surface area contributed by atoms with Crippen LogP contribution >= 0.6 is 0 Å². The van der Waals surface area contributed by atoms with Crippen LogP contribution in [0.1, 0.15) is 53.0 Å². The number of fused-ring (bicyclic) bond motifs is 4. The van der Waals surface area contributed by atoms with Gasteiger partial charge in [-0.1, -0.05) is 6.07 Å². The molecule has 190 valence electrons. The Morgan fingerprint density at radius 1 is 1.22 bits per heavy atom. The number of nitrogens with zero attached hydrogens (tertiary/aromatic N) is 6. The molecule has 6 rings (SSSR count). The monoisotopic (exact) mass is 500 g/mol. The van der Waals surface area contributed by atoms with E-state index < -0.39 is 11.7 Å². The van der Waals surface area contributed by atoms with Crippen molar-refractivity contribution in [2.75, 3.05) is 25.4 Å². The number of hydrogen-bond donors (Lipinski definition) is 2. The number of piperidine rings is 1. The molecule has 37 heavy (non-hydrogen) atoms. The second-order valence-electron chi connectivity index (χ2n) is 9.67. The maximum atomic E-state index is 15.2. The Labute approximate surface area is 213 Å². The summed E-state index contributed by atoms with van der Waals surface area (Å²) < 4.78 is 18.9. The molecule has 9 nitrogen and oxygen atoms in total. The van der Waals surface area contributed by atoms with Crippen molar-refractivity contribution in [3.05, 3.63) is 71.3 Å². The molecular weight excluding hydrogens is 471 g/mol. The van der Waals surface area contributed by atoms with Gasteiger partial charge < -0.3 is 20.4 Å². The maximum Gasteiger partial charge on any atom is 0.257 e. The number of hydrogen-bond acceptors (Lipinski definition) is 6. The SMILES string of the molecule is CCN(Cc1cn2cc(C3CCNCC3)ccc2n1)C(=O)c1cc2c(cc1F)nc(N)c1c(C)ncn12. The Morgan fingerprint density at radius 2 is 2.03 bits per heavy atom. The molecule has 0 aliphatic carbocycles. The number of carbonyl (C=O) groups excluding carboxylic acids is 1. The Hall–Kier alpha value is -4.05. The Bertz CT molecular complexity index is 1650. The number of nitrogen functional groups attached to an aromatic ring is 1. The molecule has 5 heterocycles. The first kappa shape index (κ1) is 23.4. The maximum absolute atomic E-state index is 15.2. The molecule has 0 radical (unpaired) electrons. The third-order valence-electron chi connectivity index (χ3n) is 7.34. The number of pyridine rings is 1. The van der Waals surface area contributed by atoms with E-state index in [1.54, 1.807) is 15.6 Å². The number of amides is 1. The van der Waals surface area contributed by atoms with Crippen LogP contribution in [0.4, 0.5) is 10.2 Å². The van der Waals surface area contributed by atoms with Crippen molar-refractivity contribution < 1.29 is 9.18 Å². The highest BCUT2D eigenvalue weighted by molar-refractivity contribution is 5.98. The summed E-state index contributed by atoms with van der Waals surface area (Å²) in [4.78, 5) is 28.5. The number of nitrogens with one attached hydrogen (secondary N) is 1. The number of nitrogens with two attached hydrogens (primary N) is 1. The zero-order valence-electron chi connectivity index (χ0n) is 20.9. The van der Waals surface area contributed by atoms with Gasteiger partial charge in [0.1, 0.15) is 29.1 Å². The second kappa shape index (κ2) is 9.11. The van der Waals surface area contributed by atoms with Gasteiger partial charge in [0.15, 0.2) is 0 Å². The largest absolute Gasteiger partial charge is 0.382 e. The van der Waals surface area contributed by atoms with E-state index in [2.05, 4.69) is 27.5 Å². The van der Waals surface area contributed by atoms with Crippen molar-refractivity contribution in [2.24, 2.45) is 0 Å². The molecule has 0 saturated carbocycles. The van der Waals surface area contributed by atoms with Crippen LogP contribution in [0.5, 0.6) is 0 Å². The van der Waals surface area contributed by atoms with Crippen LogP contribution in [0.3, 0.4) is 0 Å². The van der Waals surface area contributed by atoms with Crippen molar-refractivity contribution in [1.82, 2.24) is 34.0 Å². The van der Waals surface area contributed by atoms with Gasteiger partial charge in [0, 0.05) is 25.0 Å². The summed E-state index contributed by atoms with van der Waals surface area (Å²) in [6, 6.07) is 6.97. The molecule has 1 aliphatic rings. The average molecular weight is 501 g/mol. The molecule has 1 amide bonds. The first-order chi connectivity index (χ1) is 17.9. The fourth-order valence-electron chi connectivity index (χ4n) is 5.34. The molecule has 0 bridgehead atoms. The second-order valence-corrected chi connectivity index (χ2v) is 9.67. The highest BCUT2D eigenvalue weighted by atomic mass is 19.1. The third kappa shape index (κ3) is 4.07. The lowest BCUT2D eigenvalue weighted by molar-refractivity contribution is 0.0746. The minimum absolute atomic E-state index is 0.0227. The van der Waals surface area contributed by atoms with Crippen molar-refractivity contribution in [2.45, 2.75) is 39.2 Å². The highest BCUT2D eigenvalue weighted by Gasteiger charge is 2.22. The van der Waals surface area contributed by atoms with Gasteiger partial charge in [0.2, 0.25) is 0 Å². The van der Waals surface area contributed by atoms with E-state index in [0.717, 1.165) is 43.0 Å². The molecule has 3 N–H and O–H groups in total. The Kier molecular flexibility index (Phi) is 5.75. The number of anilines is 1. The van der Waals surface area contributed by atoms with Crippen molar-refractivity contribution >= 4 is 33.9 Å². The Morgan fingerprint density at radius 3 is 2.81 bits per heavy atom. The molecule has 0 unspecified atom stereocenters. The lowest BCUT2D eigenvalue weighted by atomic mass is 9.91. The lowest BCUT2D eigenvalue weighted by Crippen LogP contribution is -2.31. The van der Waals surface area contributed by atoms with Gasteiger partial charge in [0.25, 0.3) is 5.91 Å². The van der Waals surface area contributed by atoms with Crippen LogP contribution in [0, 0.1) is 12.7 Å². The molecule has 1 saturated heterocycles. The van der Waals surface area contributed by atoms with Crippen LogP contribution in [0.15, 0.2) is 43.0 Å². The van der Waals surface area contributed by atoms with E-state index in [9.17, 15) is 4.79 Å². The fraction of sp³-hybridized carbons (Fsp3) is 0.333. The molecule has 0 atom stereocenters. The van der Waals surface area contributed by atoms with Gasteiger partial charge in [-0.2, -0.15) is 0 Å². The number of aryl methyl sites for hydroxylation is 1. The topological polar surface area (TPSA) is 106 Å². The van der Waals surface area contributed by atoms with E-state index in [1.165, 1.54) is 17.7 Å². The molecule has 1 aromatic carbocycles. The van der Waals surface area contributed by atoms with Gasteiger partial charge in [-0.15, -0.1) is 0 Å². The molecule has 5 aromatic rings. The van der Waals surface area contributed by atoms with E-state index in [1.807, 2.05) is 30.5 Å².